The number of methoxy groups -OCH3 is 2. The molecule has 0 radical (unpaired) electrons. The van der Waals surface area contributed by atoms with Crippen LogP contribution in [0.3, 0.4) is 0 Å². The highest BCUT2D eigenvalue weighted by atomic mass is 79.9. The Morgan fingerprint density at radius 2 is 1.24 bits per heavy atom. The summed E-state index contributed by atoms with van der Waals surface area (Å²) in [7, 11) is 3.01. The molecule has 6 aromatic rings. The second-order valence-corrected chi connectivity index (χ2v) is 20.6. The number of hydrogen-bond donors (Lipinski definition) is 2. The van der Waals surface area contributed by atoms with Crippen molar-refractivity contribution in [1.29, 1.82) is 0 Å². The summed E-state index contributed by atoms with van der Waals surface area (Å²) >= 11 is 6.64. The standard InChI is InChI=1S/C27H26N2O4.C13H14BrNO4.C12H11N.C4H7Br/c1-33-23-11-18(13-28-25(23)26(30)20-12-21(20)27(31)32)29(14-15-5-6-15)22-10-9-17-8-7-16-3-2-4-19(22)24(16)17;1-3-19-13(17)9-5-8(9)12(16)11-10(18-2)4-7(14)6-15-11;13-11-7-6-9-5-4-8-2-1-3-10(11)12(8)9;5-3-4-1-2-4/h2-4,9-11,13,15,20-21H,5-8,12,14H2,1H3,(H,31,32);4,6,8-9H,3,5H2,1-2H3;1-3,6-7H,4-5,13H2;4H,1-3H2. The maximum atomic E-state index is 12.9. The van der Waals surface area contributed by atoms with Crippen LogP contribution in [0.1, 0.15) is 88.7 Å². The van der Waals surface area contributed by atoms with Crippen molar-refractivity contribution in [2.45, 2.75) is 71.1 Å². The Labute approximate surface area is 424 Å². The van der Waals surface area contributed by atoms with Gasteiger partial charge in [-0.15, -0.1) is 0 Å². The summed E-state index contributed by atoms with van der Waals surface area (Å²) in [5.41, 5.74) is 15.1. The van der Waals surface area contributed by atoms with Crippen LogP contribution in [0.2, 0.25) is 0 Å². The van der Waals surface area contributed by atoms with Crippen LogP contribution in [0, 0.1) is 35.5 Å². The van der Waals surface area contributed by atoms with Gasteiger partial charge in [0.05, 0.1) is 44.5 Å². The first kappa shape index (κ1) is 49.1. The van der Waals surface area contributed by atoms with Gasteiger partial charge in [-0.2, -0.15) is 0 Å². The number of anilines is 3. The fourth-order valence-corrected chi connectivity index (χ4v) is 10.7. The monoisotopic (exact) mass is 1070 g/mol. The minimum Gasteiger partial charge on any atom is -0.494 e. The average Bonchev–Trinajstić information content (AvgIpc) is 4.18. The van der Waals surface area contributed by atoms with E-state index in [0.717, 1.165) is 46.8 Å². The molecule has 0 amide bonds. The van der Waals surface area contributed by atoms with E-state index < -0.39 is 17.8 Å². The summed E-state index contributed by atoms with van der Waals surface area (Å²) in [4.78, 5) is 58.8. The van der Waals surface area contributed by atoms with Crippen molar-refractivity contribution >= 4 is 94.0 Å². The zero-order chi connectivity index (χ0) is 49.2. The van der Waals surface area contributed by atoms with Gasteiger partial charge in [-0.05, 0) is 150 Å². The molecule has 3 N–H and O–H groups in total. The number of pyridine rings is 2. The summed E-state index contributed by atoms with van der Waals surface area (Å²) in [6.45, 7) is 2.97. The number of carboxylic acids is 1. The fraction of sp³-hybridized carbons (Fsp3) is 0.393. The number of nitrogens with two attached hydrogens (primary N) is 1. The number of ketones is 2. The molecule has 4 aromatic carbocycles. The first-order valence-electron chi connectivity index (χ1n) is 24.3. The Morgan fingerprint density at radius 3 is 1.80 bits per heavy atom. The van der Waals surface area contributed by atoms with E-state index in [4.69, 9.17) is 19.9 Å². The number of nitrogen functional groups attached to an aromatic ring is 1. The molecule has 4 fully saturated rings. The number of ether oxygens (including phenoxy) is 3. The van der Waals surface area contributed by atoms with Crippen molar-refractivity contribution in [2.75, 3.05) is 43.3 Å². The van der Waals surface area contributed by atoms with E-state index in [-0.39, 0.29) is 40.8 Å². The van der Waals surface area contributed by atoms with Crippen LogP contribution in [-0.4, -0.2) is 71.3 Å². The second-order valence-electron chi connectivity index (χ2n) is 19.1. The number of carbonyl (C=O) groups is 4. The Morgan fingerprint density at radius 1 is 0.700 bits per heavy atom. The number of alkyl halides is 1. The number of rotatable bonds is 14. The molecule has 2 heterocycles. The van der Waals surface area contributed by atoms with E-state index in [2.05, 4.69) is 101 Å². The van der Waals surface area contributed by atoms with Gasteiger partial charge in [0.25, 0.3) is 0 Å². The maximum Gasteiger partial charge on any atom is 0.309 e. The molecule has 4 atom stereocenters. The zero-order valence-electron chi connectivity index (χ0n) is 39.7. The molecule has 0 aliphatic heterocycles. The number of nitrogens with zero attached hydrogens (tertiary/aromatic N) is 3. The number of hydrogen-bond acceptors (Lipinski definition) is 11. The number of aryl methyl sites for hydroxylation is 4. The van der Waals surface area contributed by atoms with Crippen LogP contribution in [0.25, 0.3) is 21.5 Å². The Bertz CT molecular complexity index is 2970. The van der Waals surface area contributed by atoms with Gasteiger partial charge < -0.3 is 30.0 Å². The largest absolute Gasteiger partial charge is 0.494 e. The molecule has 0 bridgehead atoms. The molecular weight excluding hydrogens is 1020 g/mol. The van der Waals surface area contributed by atoms with Gasteiger partial charge in [0.1, 0.15) is 22.9 Å². The number of aromatic nitrogens is 2. The molecule has 6 aliphatic carbocycles. The van der Waals surface area contributed by atoms with Gasteiger partial charge in [0.2, 0.25) is 0 Å². The quantitative estimate of drug-likeness (QED) is 0.0458. The average molecular weight is 1070 g/mol. The number of benzene rings is 4. The molecule has 2 aromatic heterocycles. The molecule has 4 unspecified atom stereocenters. The molecule has 4 saturated carbocycles. The minimum absolute atomic E-state index is 0.164. The summed E-state index contributed by atoms with van der Waals surface area (Å²) in [5.74, 6) is -0.912. The van der Waals surface area contributed by atoms with Crippen molar-refractivity contribution in [3.8, 4) is 11.5 Å². The number of aliphatic carboxylic acids is 1. The Balaban J connectivity index is 0.000000137. The molecule has 364 valence electrons. The maximum absolute atomic E-state index is 12.9. The summed E-state index contributed by atoms with van der Waals surface area (Å²) < 4.78 is 16.3. The zero-order valence-corrected chi connectivity index (χ0v) is 42.9. The van der Waals surface area contributed by atoms with Crippen LogP contribution in [0.4, 0.5) is 17.1 Å². The highest BCUT2D eigenvalue weighted by molar-refractivity contribution is 9.10. The molecule has 6 aliphatic rings. The third kappa shape index (κ3) is 10.7. The highest BCUT2D eigenvalue weighted by Crippen LogP contribution is 2.46. The third-order valence-electron chi connectivity index (χ3n) is 14.1. The smallest absolute Gasteiger partial charge is 0.309 e. The first-order valence-corrected chi connectivity index (χ1v) is 26.2. The van der Waals surface area contributed by atoms with Crippen molar-refractivity contribution in [3.63, 3.8) is 0 Å². The topological polar surface area (TPSA) is 171 Å². The van der Waals surface area contributed by atoms with E-state index in [1.54, 1.807) is 19.2 Å². The Kier molecular flexibility index (Phi) is 14.9. The van der Waals surface area contributed by atoms with E-state index in [1.165, 1.54) is 108 Å². The molecule has 0 saturated heterocycles. The van der Waals surface area contributed by atoms with Crippen molar-refractivity contribution < 1.29 is 38.5 Å². The highest BCUT2D eigenvalue weighted by Gasteiger charge is 2.51. The van der Waals surface area contributed by atoms with Gasteiger partial charge in [0, 0.05) is 62.6 Å². The van der Waals surface area contributed by atoms with Crippen molar-refractivity contribution in [1.82, 2.24) is 9.97 Å². The fourth-order valence-electron chi connectivity index (χ4n) is 9.70. The second kappa shape index (κ2) is 21.2. The van der Waals surface area contributed by atoms with Gasteiger partial charge in [-0.1, -0.05) is 64.5 Å². The summed E-state index contributed by atoms with van der Waals surface area (Å²) in [6.07, 6.45) is 14.1. The van der Waals surface area contributed by atoms with Crippen LogP contribution in [0.5, 0.6) is 11.5 Å². The van der Waals surface area contributed by atoms with Gasteiger partial charge in [-0.25, -0.2) is 9.97 Å². The molecular formula is C56H58Br2N4O8. The van der Waals surface area contributed by atoms with Gasteiger partial charge >= 0.3 is 11.9 Å². The number of halogens is 2. The molecule has 14 heteroatoms. The SMILES string of the molecule is BrCC1CC1.CCOC(=O)C1CC1C(=O)c1ncc(Br)cc1OC.COc1cc(N(CC2CC2)c2ccc3c4c(cccc24)CC3)cnc1C(=O)C1CC1C(=O)O.Nc1ccc2c3c(cccc13)CC2. The number of esters is 1. The number of carboxylic acid groups (broad SMARTS) is 1. The van der Waals surface area contributed by atoms with Gasteiger partial charge in [0.15, 0.2) is 11.6 Å². The lowest BCUT2D eigenvalue weighted by molar-refractivity contribution is -0.145. The van der Waals surface area contributed by atoms with E-state index in [9.17, 15) is 24.3 Å². The third-order valence-corrected chi connectivity index (χ3v) is 15.5. The van der Waals surface area contributed by atoms with Gasteiger partial charge in [-0.3, -0.25) is 19.2 Å². The van der Waals surface area contributed by atoms with Crippen molar-refractivity contribution in [2.24, 2.45) is 35.5 Å². The van der Waals surface area contributed by atoms with Crippen LogP contribution in [-0.2, 0) is 40.0 Å². The number of Topliss-reactive ketones (excluding diaryl/α,β-unsaturated/α-hetero) is 2. The predicted octanol–water partition coefficient (Wildman–Crippen LogP) is 11.3. The van der Waals surface area contributed by atoms with Crippen LogP contribution >= 0.6 is 31.9 Å². The summed E-state index contributed by atoms with van der Waals surface area (Å²) in [5, 5.41) is 15.7. The van der Waals surface area contributed by atoms with E-state index in [1.807, 2.05) is 12.1 Å². The first-order chi connectivity index (χ1) is 33.9. The molecule has 12 rings (SSSR count). The lowest BCUT2D eigenvalue weighted by Crippen LogP contribution is -2.21. The normalized spacial score (nSPS) is 19.6. The van der Waals surface area contributed by atoms with E-state index in [0.29, 0.717) is 36.9 Å². The lowest BCUT2D eigenvalue weighted by atomic mass is 10.0. The van der Waals surface area contributed by atoms with Crippen LogP contribution in [0.15, 0.2) is 89.7 Å². The summed E-state index contributed by atoms with van der Waals surface area (Å²) in [6, 6.07) is 25.2. The lowest BCUT2D eigenvalue weighted by Gasteiger charge is -2.27. The van der Waals surface area contributed by atoms with E-state index >= 15 is 0 Å². The molecule has 0 spiro atoms. The minimum atomic E-state index is -0.924. The molecule has 70 heavy (non-hydrogen) atoms. The number of carbonyl (C=O) groups excluding carboxylic acids is 3. The Hall–Kier alpha value is -5.86. The van der Waals surface area contributed by atoms with Crippen LogP contribution < -0.4 is 20.1 Å². The predicted molar refractivity (Wildman–Crippen MR) is 279 cm³/mol. The molecule has 12 nitrogen and oxygen atoms in total. The van der Waals surface area contributed by atoms with Crippen molar-refractivity contribution in [3.05, 3.63) is 123 Å².